The fourth-order valence-electron chi connectivity index (χ4n) is 1.07. The molecule has 4 nitrogen and oxygen atoms in total. The molecule has 82 valence electrons. The van der Waals surface area contributed by atoms with Gasteiger partial charge in [-0.05, 0) is 38.5 Å². The van der Waals surface area contributed by atoms with Crippen molar-refractivity contribution >= 4 is 6.03 Å². The summed E-state index contributed by atoms with van der Waals surface area (Å²) < 4.78 is 0. The van der Waals surface area contributed by atoms with Gasteiger partial charge in [-0.3, -0.25) is 4.98 Å². The summed E-state index contributed by atoms with van der Waals surface area (Å²) in [6, 6.07) is 3.59. The van der Waals surface area contributed by atoms with Crippen molar-refractivity contribution in [1.29, 1.82) is 0 Å². The Morgan fingerprint density at radius 1 is 1.33 bits per heavy atom. The summed E-state index contributed by atoms with van der Waals surface area (Å²) in [7, 11) is 0. The Bertz CT molecular complexity index is 316. The van der Waals surface area contributed by atoms with Crippen LogP contribution in [0.25, 0.3) is 0 Å². The first-order valence-corrected chi connectivity index (χ1v) is 4.92. The molecule has 1 heterocycles. The third-order valence-electron chi connectivity index (χ3n) is 1.69. The van der Waals surface area contributed by atoms with E-state index in [-0.39, 0.29) is 11.6 Å². The maximum absolute atomic E-state index is 11.4. The van der Waals surface area contributed by atoms with E-state index < -0.39 is 0 Å². The van der Waals surface area contributed by atoms with Gasteiger partial charge < -0.3 is 10.6 Å². The van der Waals surface area contributed by atoms with Crippen molar-refractivity contribution in [2.75, 3.05) is 0 Å². The van der Waals surface area contributed by atoms with E-state index in [1.165, 1.54) is 0 Å². The highest BCUT2D eigenvalue weighted by molar-refractivity contribution is 5.74. The van der Waals surface area contributed by atoms with Crippen LogP contribution in [-0.4, -0.2) is 16.6 Å². The van der Waals surface area contributed by atoms with E-state index in [1.807, 2.05) is 32.9 Å². The molecular formula is C11H17N3O. The molecule has 2 N–H and O–H groups in total. The van der Waals surface area contributed by atoms with Crippen molar-refractivity contribution in [3.05, 3.63) is 30.1 Å². The summed E-state index contributed by atoms with van der Waals surface area (Å²) in [5.41, 5.74) is 0.830. The molecule has 0 aliphatic heterocycles. The zero-order valence-electron chi connectivity index (χ0n) is 9.37. The monoisotopic (exact) mass is 207 g/mol. The number of hydrogen-bond acceptors (Lipinski definition) is 2. The van der Waals surface area contributed by atoms with Crippen LogP contribution in [0, 0.1) is 0 Å². The molecule has 1 aromatic heterocycles. The van der Waals surface area contributed by atoms with Gasteiger partial charge in [-0.2, -0.15) is 0 Å². The second kappa shape index (κ2) is 4.77. The van der Waals surface area contributed by atoms with Crippen molar-refractivity contribution in [1.82, 2.24) is 15.6 Å². The molecule has 0 spiro atoms. The number of rotatable bonds is 2. The van der Waals surface area contributed by atoms with Crippen molar-refractivity contribution in [2.24, 2.45) is 0 Å². The van der Waals surface area contributed by atoms with E-state index in [0.717, 1.165) is 5.56 Å². The Morgan fingerprint density at radius 2 is 1.93 bits per heavy atom. The number of nitrogens with one attached hydrogen (secondary N) is 2. The number of urea groups is 1. The van der Waals surface area contributed by atoms with E-state index in [9.17, 15) is 4.79 Å². The average molecular weight is 207 g/mol. The maximum atomic E-state index is 11.4. The lowest BCUT2D eigenvalue weighted by Gasteiger charge is -2.20. The molecule has 15 heavy (non-hydrogen) atoms. The zero-order chi connectivity index (χ0) is 11.3. The molecule has 0 aliphatic carbocycles. The molecule has 0 fully saturated rings. The van der Waals surface area contributed by atoms with Gasteiger partial charge in [0.2, 0.25) is 0 Å². The van der Waals surface area contributed by atoms with Crippen LogP contribution in [0.3, 0.4) is 0 Å². The Balaban J connectivity index is 2.35. The minimum atomic E-state index is -0.206. The first-order chi connectivity index (χ1) is 6.97. The molecule has 1 rings (SSSR count). The smallest absolute Gasteiger partial charge is 0.315 e. The van der Waals surface area contributed by atoms with E-state index in [4.69, 9.17) is 0 Å². The van der Waals surface area contributed by atoms with Crippen LogP contribution in [0.2, 0.25) is 0 Å². The number of amides is 2. The van der Waals surface area contributed by atoms with Crippen molar-refractivity contribution < 1.29 is 4.79 Å². The molecule has 0 aliphatic rings. The molecule has 0 saturated heterocycles. The lowest BCUT2D eigenvalue weighted by atomic mass is 10.1. The molecular weight excluding hydrogens is 190 g/mol. The van der Waals surface area contributed by atoms with Gasteiger partial charge in [0, 0.05) is 24.5 Å². The Morgan fingerprint density at radius 3 is 2.47 bits per heavy atom. The first-order valence-electron chi connectivity index (χ1n) is 4.92. The average Bonchev–Trinajstić information content (AvgIpc) is 2.14. The van der Waals surface area contributed by atoms with Crippen LogP contribution in [0.4, 0.5) is 4.79 Å². The molecule has 0 radical (unpaired) electrons. The lowest BCUT2D eigenvalue weighted by molar-refractivity contribution is 0.231. The number of nitrogens with zero attached hydrogens (tertiary/aromatic N) is 1. The summed E-state index contributed by atoms with van der Waals surface area (Å²) >= 11 is 0. The maximum Gasteiger partial charge on any atom is 0.315 e. The lowest BCUT2D eigenvalue weighted by Crippen LogP contribution is -2.46. The van der Waals surface area contributed by atoms with Crippen LogP contribution in [0.1, 0.15) is 26.3 Å². The van der Waals surface area contributed by atoms with Crippen LogP contribution < -0.4 is 10.6 Å². The molecule has 0 saturated carbocycles. The third kappa shape index (κ3) is 5.00. The Hall–Kier alpha value is -1.58. The number of hydrogen-bond donors (Lipinski definition) is 2. The predicted octanol–water partition coefficient (Wildman–Crippen LogP) is 1.68. The Labute approximate surface area is 90.1 Å². The number of pyridine rings is 1. The fraction of sp³-hybridized carbons (Fsp3) is 0.455. The van der Waals surface area contributed by atoms with Gasteiger partial charge in [0.05, 0.1) is 0 Å². The van der Waals surface area contributed by atoms with Gasteiger partial charge in [-0.15, -0.1) is 0 Å². The molecule has 2 amide bonds. The van der Waals surface area contributed by atoms with Crippen molar-refractivity contribution in [3.8, 4) is 0 Å². The normalized spacial score (nSPS) is 10.9. The number of aromatic nitrogens is 1. The summed E-state index contributed by atoms with van der Waals surface area (Å²) in [6.07, 6.45) is 3.41. The second-order valence-corrected chi connectivity index (χ2v) is 4.41. The summed E-state index contributed by atoms with van der Waals surface area (Å²) in [5, 5.41) is 5.60. The van der Waals surface area contributed by atoms with E-state index in [0.29, 0.717) is 6.54 Å². The van der Waals surface area contributed by atoms with E-state index in [1.54, 1.807) is 12.4 Å². The number of carbonyl (C=O) groups excluding carboxylic acids is 1. The van der Waals surface area contributed by atoms with Gasteiger partial charge in [0.15, 0.2) is 0 Å². The highest BCUT2D eigenvalue weighted by Crippen LogP contribution is 1.98. The van der Waals surface area contributed by atoms with E-state index >= 15 is 0 Å². The molecule has 0 aromatic carbocycles. The van der Waals surface area contributed by atoms with Crippen molar-refractivity contribution in [3.63, 3.8) is 0 Å². The molecule has 0 bridgehead atoms. The highest BCUT2D eigenvalue weighted by atomic mass is 16.2. The molecule has 4 heteroatoms. The largest absolute Gasteiger partial charge is 0.334 e. The number of carbonyl (C=O) groups is 1. The summed E-state index contributed by atoms with van der Waals surface area (Å²) in [4.78, 5) is 15.3. The van der Waals surface area contributed by atoms with Gasteiger partial charge in [0.25, 0.3) is 0 Å². The molecule has 0 atom stereocenters. The van der Waals surface area contributed by atoms with Crippen molar-refractivity contribution in [2.45, 2.75) is 32.9 Å². The van der Waals surface area contributed by atoms with Crippen LogP contribution in [0.15, 0.2) is 24.5 Å². The summed E-state index contributed by atoms with van der Waals surface area (Å²) in [6.45, 7) is 6.35. The first kappa shape index (κ1) is 11.5. The standard InChI is InChI=1S/C11H17N3O/c1-11(2,3)14-10(15)13-8-9-4-6-12-7-5-9/h4-7H,8H2,1-3H3,(H2,13,14,15). The van der Waals surface area contributed by atoms with Gasteiger partial charge in [-0.1, -0.05) is 0 Å². The predicted molar refractivity (Wildman–Crippen MR) is 59.4 cm³/mol. The SMILES string of the molecule is CC(C)(C)NC(=O)NCc1ccncc1. The topological polar surface area (TPSA) is 54.0 Å². The van der Waals surface area contributed by atoms with Gasteiger partial charge >= 0.3 is 6.03 Å². The quantitative estimate of drug-likeness (QED) is 0.775. The van der Waals surface area contributed by atoms with Gasteiger partial charge in [0.1, 0.15) is 0 Å². The highest BCUT2D eigenvalue weighted by Gasteiger charge is 2.12. The van der Waals surface area contributed by atoms with Crippen LogP contribution in [0.5, 0.6) is 0 Å². The molecule has 1 aromatic rings. The zero-order valence-corrected chi connectivity index (χ0v) is 9.37. The third-order valence-corrected chi connectivity index (χ3v) is 1.69. The van der Waals surface area contributed by atoms with Gasteiger partial charge in [-0.25, -0.2) is 4.79 Å². The van der Waals surface area contributed by atoms with Crippen LogP contribution in [-0.2, 0) is 6.54 Å². The fourth-order valence-corrected chi connectivity index (χ4v) is 1.07. The second-order valence-electron chi connectivity index (χ2n) is 4.41. The van der Waals surface area contributed by atoms with Crippen LogP contribution >= 0.6 is 0 Å². The summed E-state index contributed by atoms with van der Waals surface area (Å²) in [5.74, 6) is 0. The minimum Gasteiger partial charge on any atom is -0.334 e. The van der Waals surface area contributed by atoms with E-state index in [2.05, 4.69) is 15.6 Å². The molecule has 0 unspecified atom stereocenters. The Kier molecular flexibility index (Phi) is 3.66. The minimum absolute atomic E-state index is 0.153.